The first-order chi connectivity index (χ1) is 14.1. The van der Waals surface area contributed by atoms with E-state index in [2.05, 4.69) is 10.3 Å². The number of amides is 1. The van der Waals surface area contributed by atoms with Crippen molar-refractivity contribution in [2.75, 3.05) is 7.11 Å². The third-order valence-electron chi connectivity index (χ3n) is 4.75. The maximum Gasteiger partial charge on any atom is 0.268 e. The second-order valence-electron chi connectivity index (χ2n) is 6.62. The molecule has 1 amide bonds. The average Bonchev–Trinajstić information content (AvgIpc) is 3.12. The molecule has 0 bridgehead atoms. The third-order valence-corrected chi connectivity index (χ3v) is 4.75. The lowest BCUT2D eigenvalue weighted by Gasteiger charge is -2.09. The van der Waals surface area contributed by atoms with Crippen LogP contribution in [-0.4, -0.2) is 23.1 Å². The third kappa shape index (κ3) is 3.65. The zero-order valence-electron chi connectivity index (χ0n) is 15.7. The number of aromatic amines is 1. The summed E-state index contributed by atoms with van der Waals surface area (Å²) in [5.74, 6) is -0.307. The number of aromatic hydroxyl groups is 1. The maximum absolute atomic E-state index is 13.9. The number of phenolic OH excluding ortho intramolecular Hbond substituents is 1. The predicted molar refractivity (Wildman–Crippen MR) is 110 cm³/mol. The molecule has 0 aliphatic rings. The van der Waals surface area contributed by atoms with Crippen LogP contribution >= 0.6 is 0 Å². The van der Waals surface area contributed by atoms with Gasteiger partial charge in [-0.15, -0.1) is 0 Å². The first-order valence-electron chi connectivity index (χ1n) is 9.07. The topological polar surface area (TPSA) is 74.3 Å². The Morgan fingerprint density at radius 3 is 2.66 bits per heavy atom. The summed E-state index contributed by atoms with van der Waals surface area (Å²) in [4.78, 5) is 16.1. The lowest BCUT2D eigenvalue weighted by Crippen LogP contribution is -2.23. The van der Waals surface area contributed by atoms with E-state index in [1.165, 1.54) is 25.3 Å². The minimum Gasteiger partial charge on any atom is -0.504 e. The summed E-state index contributed by atoms with van der Waals surface area (Å²) >= 11 is 0. The van der Waals surface area contributed by atoms with Gasteiger partial charge in [-0.2, -0.15) is 0 Å². The average molecular weight is 390 g/mol. The molecule has 4 rings (SSSR count). The Labute approximate surface area is 166 Å². The molecule has 0 saturated carbocycles. The Morgan fingerprint density at radius 1 is 1.10 bits per heavy atom. The number of ether oxygens (including phenoxy) is 1. The largest absolute Gasteiger partial charge is 0.504 e. The van der Waals surface area contributed by atoms with Gasteiger partial charge in [-0.25, -0.2) is 4.39 Å². The number of hydrogen-bond donors (Lipinski definition) is 3. The number of H-pyrrole nitrogens is 1. The highest BCUT2D eigenvalue weighted by Gasteiger charge is 2.19. The summed E-state index contributed by atoms with van der Waals surface area (Å²) in [6, 6.07) is 18.7. The lowest BCUT2D eigenvalue weighted by atomic mass is 10.0. The first-order valence-corrected chi connectivity index (χ1v) is 9.07. The Hall–Kier alpha value is -3.80. The van der Waals surface area contributed by atoms with Gasteiger partial charge in [0.15, 0.2) is 11.5 Å². The molecule has 0 fully saturated rings. The molecule has 3 N–H and O–H groups in total. The Kier molecular flexibility index (Phi) is 4.91. The second-order valence-corrected chi connectivity index (χ2v) is 6.62. The summed E-state index contributed by atoms with van der Waals surface area (Å²) < 4.78 is 19.0. The lowest BCUT2D eigenvalue weighted by molar-refractivity contribution is 0.0947. The van der Waals surface area contributed by atoms with Crippen LogP contribution in [0.2, 0.25) is 0 Å². The Morgan fingerprint density at radius 2 is 1.90 bits per heavy atom. The van der Waals surface area contributed by atoms with Crippen LogP contribution in [0, 0.1) is 5.82 Å². The number of methoxy groups -OCH3 is 1. The Bertz CT molecular complexity index is 1190. The van der Waals surface area contributed by atoms with Crippen LogP contribution in [-0.2, 0) is 6.54 Å². The summed E-state index contributed by atoms with van der Waals surface area (Å²) in [6.45, 7) is 0.243. The zero-order valence-corrected chi connectivity index (χ0v) is 15.7. The number of phenols is 1. The van der Waals surface area contributed by atoms with Crippen molar-refractivity contribution in [1.29, 1.82) is 0 Å². The van der Waals surface area contributed by atoms with Crippen molar-refractivity contribution in [3.63, 3.8) is 0 Å². The van der Waals surface area contributed by atoms with E-state index in [9.17, 15) is 14.3 Å². The predicted octanol–water partition coefficient (Wildman–Crippen LogP) is 4.62. The van der Waals surface area contributed by atoms with E-state index in [0.717, 1.165) is 11.1 Å². The minimum absolute atomic E-state index is 0.0339. The van der Waals surface area contributed by atoms with Crippen LogP contribution < -0.4 is 10.1 Å². The van der Waals surface area contributed by atoms with Crippen LogP contribution in [0.3, 0.4) is 0 Å². The number of aromatic nitrogens is 1. The van der Waals surface area contributed by atoms with Crippen LogP contribution in [0.5, 0.6) is 11.5 Å². The molecule has 29 heavy (non-hydrogen) atoms. The van der Waals surface area contributed by atoms with Gasteiger partial charge in [0, 0.05) is 23.0 Å². The van der Waals surface area contributed by atoms with Crippen molar-refractivity contribution in [3.8, 4) is 22.6 Å². The highest BCUT2D eigenvalue weighted by Crippen LogP contribution is 2.33. The van der Waals surface area contributed by atoms with Gasteiger partial charge in [-0.3, -0.25) is 4.79 Å². The quantitative estimate of drug-likeness (QED) is 0.466. The molecule has 0 atom stereocenters. The number of rotatable bonds is 5. The van der Waals surface area contributed by atoms with E-state index in [-0.39, 0.29) is 24.0 Å². The van der Waals surface area contributed by atoms with Gasteiger partial charge >= 0.3 is 0 Å². The molecule has 0 unspecified atom stereocenters. The zero-order chi connectivity index (χ0) is 20.4. The molecule has 6 heteroatoms. The van der Waals surface area contributed by atoms with Crippen molar-refractivity contribution in [3.05, 3.63) is 83.8 Å². The van der Waals surface area contributed by atoms with Gasteiger partial charge in [-0.05, 0) is 41.5 Å². The van der Waals surface area contributed by atoms with Gasteiger partial charge in [-0.1, -0.05) is 36.4 Å². The summed E-state index contributed by atoms with van der Waals surface area (Å²) in [5.41, 5.74) is 3.29. The SMILES string of the molecule is COc1cc(CNC(=O)c2[nH]c3ccc(F)cc3c2-c2ccccc2)ccc1O. The van der Waals surface area contributed by atoms with E-state index in [0.29, 0.717) is 27.9 Å². The second kappa shape index (κ2) is 7.67. The molecular weight excluding hydrogens is 371 g/mol. The van der Waals surface area contributed by atoms with E-state index in [4.69, 9.17) is 4.74 Å². The molecule has 1 aromatic heterocycles. The van der Waals surface area contributed by atoms with Gasteiger partial charge in [0.05, 0.1) is 7.11 Å². The number of benzene rings is 3. The van der Waals surface area contributed by atoms with Crippen molar-refractivity contribution in [2.45, 2.75) is 6.54 Å². The molecular formula is C23H19FN2O3. The van der Waals surface area contributed by atoms with Crippen molar-refractivity contribution >= 4 is 16.8 Å². The summed E-state index contributed by atoms with van der Waals surface area (Å²) in [5, 5.41) is 13.2. The standard InChI is InChI=1S/C23H19FN2O3/c1-29-20-11-14(7-10-19(20)27)13-25-23(28)22-21(15-5-3-2-4-6-15)17-12-16(24)8-9-18(17)26-22/h2-12,26-27H,13H2,1H3,(H,25,28). The van der Waals surface area contributed by atoms with Crippen molar-refractivity contribution in [1.82, 2.24) is 10.3 Å². The highest BCUT2D eigenvalue weighted by atomic mass is 19.1. The molecule has 0 spiro atoms. The van der Waals surface area contributed by atoms with Crippen LogP contribution in [0.4, 0.5) is 4.39 Å². The molecule has 0 saturated heterocycles. The monoisotopic (exact) mass is 390 g/mol. The normalized spacial score (nSPS) is 10.8. The van der Waals surface area contributed by atoms with E-state index in [1.807, 2.05) is 30.3 Å². The molecule has 0 aliphatic heterocycles. The smallest absolute Gasteiger partial charge is 0.268 e. The number of halogens is 1. The fourth-order valence-corrected chi connectivity index (χ4v) is 3.34. The van der Waals surface area contributed by atoms with Crippen molar-refractivity contribution < 1.29 is 19.0 Å². The number of carbonyl (C=O) groups is 1. The fraction of sp³-hybridized carbons (Fsp3) is 0.0870. The van der Waals surface area contributed by atoms with Crippen LogP contribution in [0.1, 0.15) is 16.1 Å². The van der Waals surface area contributed by atoms with Gasteiger partial charge in [0.2, 0.25) is 0 Å². The molecule has 146 valence electrons. The summed E-state index contributed by atoms with van der Waals surface area (Å²) in [7, 11) is 1.47. The van der Waals surface area contributed by atoms with E-state index < -0.39 is 0 Å². The van der Waals surface area contributed by atoms with Gasteiger partial charge in [0.25, 0.3) is 5.91 Å². The molecule has 0 radical (unpaired) electrons. The molecule has 0 aliphatic carbocycles. The number of fused-ring (bicyclic) bond motifs is 1. The Balaban J connectivity index is 1.69. The number of nitrogens with one attached hydrogen (secondary N) is 2. The minimum atomic E-state index is -0.364. The van der Waals surface area contributed by atoms with E-state index in [1.54, 1.807) is 18.2 Å². The molecule has 4 aromatic rings. The molecule has 5 nitrogen and oxygen atoms in total. The van der Waals surface area contributed by atoms with Crippen LogP contribution in [0.15, 0.2) is 66.7 Å². The van der Waals surface area contributed by atoms with E-state index >= 15 is 0 Å². The van der Waals surface area contributed by atoms with Crippen molar-refractivity contribution in [2.24, 2.45) is 0 Å². The van der Waals surface area contributed by atoms with Gasteiger partial charge in [0.1, 0.15) is 11.5 Å². The number of carbonyl (C=O) groups excluding carboxylic acids is 1. The first kappa shape index (κ1) is 18.6. The molecule has 3 aromatic carbocycles. The maximum atomic E-state index is 13.9. The van der Waals surface area contributed by atoms with Gasteiger partial charge < -0.3 is 20.1 Å². The highest BCUT2D eigenvalue weighted by molar-refractivity contribution is 6.09. The summed E-state index contributed by atoms with van der Waals surface area (Å²) in [6.07, 6.45) is 0. The molecule has 1 heterocycles. The number of hydrogen-bond acceptors (Lipinski definition) is 3. The fourth-order valence-electron chi connectivity index (χ4n) is 3.34. The van der Waals surface area contributed by atoms with Crippen LogP contribution in [0.25, 0.3) is 22.0 Å².